The van der Waals surface area contributed by atoms with Gasteiger partial charge in [-0.1, -0.05) is 127 Å². The number of carbonyl (C=O) groups excluding carboxylic acids is 7. The fourth-order valence-corrected chi connectivity index (χ4v) is 7.49. The number of esters is 7. The first-order chi connectivity index (χ1) is 39.4. The zero-order valence-electron chi connectivity index (χ0n) is 43.5. The van der Waals surface area contributed by atoms with Gasteiger partial charge in [-0.2, -0.15) is 0 Å². The summed E-state index contributed by atoms with van der Waals surface area (Å²) in [4.78, 5) is 97.9. The fourth-order valence-electron chi connectivity index (χ4n) is 7.49. The average molecular weight is 1100 g/mol. The molecule has 0 aliphatic rings. The van der Waals surface area contributed by atoms with Crippen molar-refractivity contribution >= 4 is 41.8 Å². The Morgan fingerprint density at radius 1 is 0.333 bits per heavy atom. The van der Waals surface area contributed by atoms with Crippen LogP contribution in [0.15, 0.2) is 235 Å². The second-order valence-corrected chi connectivity index (χ2v) is 17.1. The van der Waals surface area contributed by atoms with Crippen LogP contribution in [0.2, 0.25) is 0 Å². The van der Waals surface area contributed by atoms with Crippen LogP contribution in [0.25, 0.3) is 0 Å². The molecule has 18 nitrogen and oxygen atoms in total. The predicted octanol–water partition coefficient (Wildman–Crippen LogP) is 9.62. The van der Waals surface area contributed by atoms with Crippen LogP contribution in [0, 0.1) is 0 Å². The Balaban J connectivity index is 1.44. The van der Waals surface area contributed by atoms with Crippen molar-refractivity contribution in [1.29, 1.82) is 0 Å². The van der Waals surface area contributed by atoms with Crippen LogP contribution >= 0.6 is 0 Å². The number of aliphatic hydroxyl groups excluding tert-OH is 2. The minimum absolute atomic E-state index is 0.0114. The van der Waals surface area contributed by atoms with Gasteiger partial charge in [0, 0.05) is 19.4 Å². The molecule has 18 heteroatoms. The molecule has 0 spiro atoms. The first-order valence-corrected chi connectivity index (χ1v) is 25.3. The van der Waals surface area contributed by atoms with Gasteiger partial charge < -0.3 is 52.8 Å². The SMILES string of the molecule is CCOC(O)/C(OC(=O)c1ccccc1)=C(\OC(=O)c1ccccc1)C(CCOC(=O)c1ccccc1)OC(O)/C(OC(=O)c1ccccc1)=C(/OC(=O)c1ccccc1)C(CCOC(=O)c1ccccc1)OC(=O)c1ccccc1. The highest BCUT2D eigenvalue weighted by atomic mass is 16.7. The molecule has 0 aromatic heterocycles. The Morgan fingerprint density at radius 2 is 0.593 bits per heavy atom. The largest absolute Gasteiger partial charge is 0.462 e. The van der Waals surface area contributed by atoms with Gasteiger partial charge in [-0.15, -0.1) is 0 Å². The van der Waals surface area contributed by atoms with E-state index in [4.69, 9.17) is 42.6 Å². The number of rotatable bonds is 26. The molecule has 2 N–H and O–H groups in total. The fraction of sp³-hybridized carbons (Fsp3) is 0.159. The van der Waals surface area contributed by atoms with E-state index in [0.29, 0.717) is 0 Å². The van der Waals surface area contributed by atoms with Gasteiger partial charge in [0.25, 0.3) is 0 Å². The van der Waals surface area contributed by atoms with E-state index in [-0.39, 0.29) is 45.6 Å². The lowest BCUT2D eigenvalue weighted by molar-refractivity contribution is -0.143. The molecule has 4 atom stereocenters. The van der Waals surface area contributed by atoms with Gasteiger partial charge in [-0.3, -0.25) is 0 Å². The van der Waals surface area contributed by atoms with Crippen molar-refractivity contribution in [3.05, 3.63) is 274 Å². The summed E-state index contributed by atoms with van der Waals surface area (Å²) in [5.74, 6) is -10.9. The summed E-state index contributed by atoms with van der Waals surface area (Å²) >= 11 is 0. The van der Waals surface area contributed by atoms with Crippen molar-refractivity contribution < 1.29 is 86.4 Å². The summed E-state index contributed by atoms with van der Waals surface area (Å²) < 4.78 is 53.0. The first-order valence-electron chi connectivity index (χ1n) is 25.3. The van der Waals surface area contributed by atoms with E-state index in [1.54, 1.807) is 78.9 Å². The molecule has 7 aromatic carbocycles. The highest BCUT2D eigenvalue weighted by Gasteiger charge is 2.39. The zero-order valence-corrected chi connectivity index (χ0v) is 43.5. The maximum Gasteiger partial charge on any atom is 0.343 e. The summed E-state index contributed by atoms with van der Waals surface area (Å²) in [5.41, 5.74) is -0.0655. The van der Waals surface area contributed by atoms with Crippen LogP contribution in [0.3, 0.4) is 0 Å². The predicted molar refractivity (Wildman–Crippen MR) is 288 cm³/mol. The molecule has 0 fully saturated rings. The Kier molecular flexibility index (Phi) is 22.0. The Bertz CT molecular complexity index is 3260. The summed E-state index contributed by atoms with van der Waals surface area (Å²) in [6.45, 7) is 0.0761. The Labute approximate surface area is 465 Å². The van der Waals surface area contributed by atoms with Gasteiger partial charge in [-0.25, -0.2) is 33.6 Å². The average Bonchev–Trinajstić information content (AvgIpc) is 3.54. The molecule has 7 aromatic rings. The van der Waals surface area contributed by atoms with Gasteiger partial charge in [0.05, 0.1) is 52.2 Å². The van der Waals surface area contributed by atoms with Crippen molar-refractivity contribution in [3.63, 3.8) is 0 Å². The highest BCUT2D eigenvalue weighted by molar-refractivity contribution is 5.93. The van der Waals surface area contributed by atoms with E-state index in [1.807, 2.05) is 0 Å². The molecular weight excluding hydrogens is 1040 g/mol. The molecule has 0 heterocycles. The third kappa shape index (κ3) is 17.3. The van der Waals surface area contributed by atoms with Gasteiger partial charge >= 0.3 is 41.8 Å². The number of hydrogen-bond acceptors (Lipinski definition) is 18. The number of hydrogen-bond donors (Lipinski definition) is 2. The second-order valence-electron chi connectivity index (χ2n) is 17.1. The Morgan fingerprint density at radius 3 is 0.914 bits per heavy atom. The minimum atomic E-state index is -2.73. The standard InChI is InChI=1S/C63H54O18/c1-2-73-62(71)53(80-60(69)47-34-20-8-21-35-47)51(78-58(67)45-30-16-6-17-31-45)50(39-41-75-56(65)43-26-12-4-13-27-43)77-63(72)54(81-61(70)48-36-22-9-23-37-48)52(79-59(68)46-32-18-7-19-33-46)49(76-57(66)44-28-14-5-15-29-44)38-40-74-55(64)42-24-10-3-11-25-42/h3-37,49-50,62-63,71-72H,2,38-41H2,1H3/b53-51+,54-52-. The minimum Gasteiger partial charge on any atom is -0.462 e. The molecule has 7 rings (SSSR count). The van der Waals surface area contributed by atoms with Crippen molar-refractivity contribution in [2.75, 3.05) is 19.8 Å². The molecular formula is C63H54O18. The molecule has 0 amide bonds. The molecule has 0 saturated carbocycles. The normalized spacial score (nSPS) is 13.0. The lowest BCUT2D eigenvalue weighted by atomic mass is 10.1. The molecule has 4 unspecified atom stereocenters. The maximum absolute atomic E-state index is 14.4. The van der Waals surface area contributed by atoms with E-state index >= 15 is 0 Å². The summed E-state index contributed by atoms with van der Waals surface area (Å²) in [6, 6.07) is 52.9. The highest BCUT2D eigenvalue weighted by Crippen LogP contribution is 2.31. The number of aliphatic hydroxyl groups is 2. The summed E-state index contributed by atoms with van der Waals surface area (Å²) in [5, 5.41) is 24.5. The van der Waals surface area contributed by atoms with E-state index in [0.717, 1.165) is 0 Å². The third-order valence-corrected chi connectivity index (χ3v) is 11.5. The number of carbonyl (C=O) groups is 7. The lowest BCUT2D eigenvalue weighted by Crippen LogP contribution is -2.36. The summed E-state index contributed by atoms with van der Waals surface area (Å²) in [7, 11) is 0. The van der Waals surface area contributed by atoms with E-state index < -0.39 is 116 Å². The van der Waals surface area contributed by atoms with Crippen molar-refractivity contribution in [3.8, 4) is 0 Å². The smallest absolute Gasteiger partial charge is 0.343 e. The van der Waals surface area contributed by atoms with Crippen molar-refractivity contribution in [1.82, 2.24) is 0 Å². The zero-order chi connectivity index (χ0) is 57.3. The first kappa shape index (κ1) is 58.8. The third-order valence-electron chi connectivity index (χ3n) is 11.5. The molecule has 81 heavy (non-hydrogen) atoms. The van der Waals surface area contributed by atoms with Gasteiger partial charge in [-0.05, 0) is 91.9 Å². The van der Waals surface area contributed by atoms with Crippen molar-refractivity contribution in [2.45, 2.75) is 44.6 Å². The van der Waals surface area contributed by atoms with E-state index in [9.17, 15) is 43.8 Å². The monoisotopic (exact) mass is 1100 g/mol. The van der Waals surface area contributed by atoms with Crippen LogP contribution < -0.4 is 0 Å². The molecule has 0 saturated heterocycles. The lowest BCUT2D eigenvalue weighted by Gasteiger charge is -2.29. The summed E-state index contributed by atoms with van der Waals surface area (Å²) in [6.07, 6.45) is -10.1. The quantitative estimate of drug-likeness (QED) is 0.0222. The Hall–Kier alpha value is -9.85. The van der Waals surface area contributed by atoms with Crippen LogP contribution in [0.1, 0.15) is 92.3 Å². The molecule has 0 bridgehead atoms. The maximum atomic E-state index is 14.4. The van der Waals surface area contributed by atoms with Crippen LogP contribution in [0.4, 0.5) is 0 Å². The van der Waals surface area contributed by atoms with E-state index in [2.05, 4.69) is 0 Å². The van der Waals surface area contributed by atoms with Crippen LogP contribution in [-0.2, 0) is 42.6 Å². The van der Waals surface area contributed by atoms with E-state index in [1.165, 1.54) is 140 Å². The van der Waals surface area contributed by atoms with Crippen molar-refractivity contribution in [2.24, 2.45) is 0 Å². The van der Waals surface area contributed by atoms with Gasteiger partial charge in [0.2, 0.25) is 24.1 Å². The molecule has 0 aliphatic carbocycles. The molecule has 414 valence electrons. The number of ether oxygens (including phenoxy) is 9. The van der Waals surface area contributed by atoms with Gasteiger partial charge in [0.1, 0.15) is 6.10 Å². The second kappa shape index (κ2) is 30.3. The van der Waals surface area contributed by atoms with Crippen LogP contribution in [0.5, 0.6) is 0 Å². The van der Waals surface area contributed by atoms with Crippen LogP contribution in [-0.4, -0.2) is 96.6 Å². The molecule has 0 aliphatic heterocycles. The van der Waals surface area contributed by atoms with Gasteiger partial charge in [0.15, 0.2) is 17.6 Å². The number of benzene rings is 7. The topological polar surface area (TPSA) is 243 Å². The molecule has 0 radical (unpaired) electrons.